The fourth-order valence-corrected chi connectivity index (χ4v) is 4.01. The van der Waals surface area contributed by atoms with E-state index in [-0.39, 0.29) is 11.8 Å². The molecule has 1 aliphatic rings. The van der Waals surface area contributed by atoms with Crippen molar-refractivity contribution in [2.24, 2.45) is 5.92 Å². The average Bonchev–Trinajstić information content (AvgIpc) is 3.21. The molecule has 1 aliphatic heterocycles. The van der Waals surface area contributed by atoms with Gasteiger partial charge in [-0.1, -0.05) is 19.0 Å². The van der Waals surface area contributed by atoms with Gasteiger partial charge in [-0.3, -0.25) is 9.78 Å². The van der Waals surface area contributed by atoms with Crippen LogP contribution in [0.25, 0.3) is 11.1 Å². The molecule has 3 aromatic heterocycles. The van der Waals surface area contributed by atoms with E-state index in [0.29, 0.717) is 18.2 Å². The van der Waals surface area contributed by atoms with Crippen LogP contribution in [-0.2, 0) is 6.42 Å². The first-order valence-electron chi connectivity index (χ1n) is 10.5. The molecule has 7 nitrogen and oxygen atoms in total. The van der Waals surface area contributed by atoms with Gasteiger partial charge in [0, 0.05) is 55.6 Å². The molecule has 0 aliphatic carbocycles. The number of aromatic nitrogens is 4. The average molecular weight is 406 g/mol. The van der Waals surface area contributed by atoms with Crippen LogP contribution in [0.2, 0.25) is 0 Å². The van der Waals surface area contributed by atoms with E-state index in [4.69, 9.17) is 9.51 Å². The predicted molar refractivity (Wildman–Crippen MR) is 113 cm³/mol. The van der Waals surface area contributed by atoms with Gasteiger partial charge in [0.15, 0.2) is 5.69 Å². The lowest BCUT2D eigenvalue weighted by Crippen LogP contribution is -2.39. The molecule has 0 saturated carbocycles. The number of pyridine rings is 1. The number of amides is 1. The summed E-state index contributed by atoms with van der Waals surface area (Å²) in [5, 5.41) is 4.02. The van der Waals surface area contributed by atoms with Gasteiger partial charge in [0.25, 0.3) is 5.91 Å². The third kappa shape index (κ3) is 4.40. The minimum absolute atomic E-state index is 0.0744. The smallest absolute Gasteiger partial charge is 0.276 e. The Labute approximate surface area is 176 Å². The largest absolute Gasteiger partial charge is 0.361 e. The number of carbonyl (C=O) groups is 1. The third-order valence-electron chi connectivity index (χ3n) is 5.41. The van der Waals surface area contributed by atoms with Crippen LogP contribution in [0.5, 0.6) is 0 Å². The van der Waals surface area contributed by atoms with Gasteiger partial charge >= 0.3 is 0 Å². The molecule has 0 bridgehead atoms. The monoisotopic (exact) mass is 405 g/mol. The fourth-order valence-electron chi connectivity index (χ4n) is 4.01. The first-order chi connectivity index (χ1) is 14.5. The van der Waals surface area contributed by atoms with Crippen LogP contribution >= 0.6 is 0 Å². The van der Waals surface area contributed by atoms with E-state index in [2.05, 4.69) is 29.0 Å². The highest BCUT2D eigenvalue weighted by Crippen LogP contribution is 2.33. The summed E-state index contributed by atoms with van der Waals surface area (Å²) in [4.78, 5) is 28.2. The molecule has 3 aromatic rings. The van der Waals surface area contributed by atoms with Crippen molar-refractivity contribution in [2.75, 3.05) is 13.1 Å². The number of carbonyl (C=O) groups excluding carboxylic acids is 1. The van der Waals surface area contributed by atoms with Gasteiger partial charge in [-0.15, -0.1) is 0 Å². The van der Waals surface area contributed by atoms with Gasteiger partial charge in [0.2, 0.25) is 0 Å². The lowest BCUT2D eigenvalue weighted by molar-refractivity contribution is 0.0695. The van der Waals surface area contributed by atoms with E-state index in [1.807, 2.05) is 30.2 Å². The van der Waals surface area contributed by atoms with E-state index in [1.165, 1.54) is 0 Å². The van der Waals surface area contributed by atoms with Crippen LogP contribution in [0.3, 0.4) is 0 Å². The Bertz CT molecular complexity index is 1020. The van der Waals surface area contributed by atoms with E-state index in [9.17, 15) is 4.79 Å². The summed E-state index contributed by atoms with van der Waals surface area (Å²) in [7, 11) is 0. The molecular weight excluding hydrogens is 378 g/mol. The Morgan fingerprint density at radius 3 is 2.87 bits per heavy atom. The standard InChI is InChI=1S/C23H27N5O2/c1-15(2)11-19-12-21(27-30-19)23(29)28-10-4-5-18(14-28)22-20(13-25-16(3)26-22)17-6-8-24-9-7-17/h6-9,12-13,15,18H,4-5,10-11,14H2,1-3H3. The van der Waals surface area contributed by atoms with Crippen molar-refractivity contribution < 1.29 is 9.32 Å². The van der Waals surface area contributed by atoms with Crippen LogP contribution in [0.15, 0.2) is 41.3 Å². The van der Waals surface area contributed by atoms with Crippen molar-refractivity contribution in [3.63, 3.8) is 0 Å². The first-order valence-corrected chi connectivity index (χ1v) is 10.5. The lowest BCUT2D eigenvalue weighted by Gasteiger charge is -2.32. The molecule has 4 heterocycles. The van der Waals surface area contributed by atoms with Crippen molar-refractivity contribution in [1.82, 2.24) is 25.0 Å². The van der Waals surface area contributed by atoms with Crippen LogP contribution in [0.4, 0.5) is 0 Å². The maximum absolute atomic E-state index is 13.1. The molecule has 4 rings (SSSR count). The number of likely N-dealkylation sites (tertiary alicyclic amines) is 1. The summed E-state index contributed by atoms with van der Waals surface area (Å²) in [6.07, 6.45) is 8.10. The number of hydrogen-bond acceptors (Lipinski definition) is 6. The Hall–Kier alpha value is -3.09. The van der Waals surface area contributed by atoms with Crippen LogP contribution < -0.4 is 0 Å². The van der Waals surface area contributed by atoms with E-state index >= 15 is 0 Å². The second-order valence-electron chi connectivity index (χ2n) is 8.32. The minimum atomic E-state index is -0.0744. The molecule has 0 radical (unpaired) electrons. The third-order valence-corrected chi connectivity index (χ3v) is 5.41. The maximum atomic E-state index is 13.1. The zero-order valence-electron chi connectivity index (χ0n) is 17.7. The van der Waals surface area contributed by atoms with Crippen molar-refractivity contribution in [3.05, 3.63) is 59.8 Å². The van der Waals surface area contributed by atoms with Crippen LogP contribution in [0.1, 0.15) is 60.4 Å². The summed E-state index contributed by atoms with van der Waals surface area (Å²) in [5.41, 5.74) is 3.42. The lowest BCUT2D eigenvalue weighted by atomic mass is 9.90. The molecule has 156 valence electrons. The second-order valence-corrected chi connectivity index (χ2v) is 8.32. The summed E-state index contributed by atoms with van der Waals surface area (Å²) in [6, 6.07) is 5.72. The highest BCUT2D eigenvalue weighted by atomic mass is 16.5. The molecule has 30 heavy (non-hydrogen) atoms. The number of rotatable bonds is 5. The topological polar surface area (TPSA) is 85.0 Å². The molecule has 1 unspecified atom stereocenters. The molecule has 0 aromatic carbocycles. The zero-order chi connectivity index (χ0) is 21.1. The SMILES string of the molecule is Cc1ncc(-c2ccncc2)c(C2CCCN(C(=O)c3cc(CC(C)C)on3)C2)n1. The fraction of sp³-hybridized carbons (Fsp3) is 0.435. The summed E-state index contributed by atoms with van der Waals surface area (Å²) in [6.45, 7) is 7.46. The number of aryl methyl sites for hydroxylation is 1. The van der Waals surface area contributed by atoms with Gasteiger partial charge in [0.05, 0.1) is 5.69 Å². The van der Waals surface area contributed by atoms with Gasteiger partial charge in [0.1, 0.15) is 11.6 Å². The summed E-state index contributed by atoms with van der Waals surface area (Å²) >= 11 is 0. The summed E-state index contributed by atoms with van der Waals surface area (Å²) < 4.78 is 5.37. The number of nitrogens with zero attached hydrogens (tertiary/aromatic N) is 5. The first kappa shape index (κ1) is 20.2. The Morgan fingerprint density at radius 2 is 2.10 bits per heavy atom. The molecule has 7 heteroatoms. The number of piperidine rings is 1. The van der Waals surface area contributed by atoms with Crippen LogP contribution in [-0.4, -0.2) is 44.0 Å². The normalized spacial score (nSPS) is 16.8. The van der Waals surface area contributed by atoms with Crippen molar-refractivity contribution >= 4 is 5.91 Å². The molecule has 1 amide bonds. The van der Waals surface area contributed by atoms with Crippen molar-refractivity contribution in [2.45, 2.75) is 46.0 Å². The molecule has 1 atom stereocenters. The Balaban J connectivity index is 1.57. The highest BCUT2D eigenvalue weighted by Gasteiger charge is 2.29. The van der Waals surface area contributed by atoms with Crippen LogP contribution in [0, 0.1) is 12.8 Å². The molecule has 1 saturated heterocycles. The quantitative estimate of drug-likeness (QED) is 0.636. The van der Waals surface area contributed by atoms with Gasteiger partial charge < -0.3 is 9.42 Å². The molecule has 0 spiro atoms. The summed E-state index contributed by atoms with van der Waals surface area (Å²) in [5.74, 6) is 2.02. The van der Waals surface area contributed by atoms with Gasteiger partial charge in [-0.25, -0.2) is 9.97 Å². The number of hydrogen-bond donors (Lipinski definition) is 0. The zero-order valence-corrected chi connectivity index (χ0v) is 17.7. The minimum Gasteiger partial charge on any atom is -0.361 e. The van der Waals surface area contributed by atoms with E-state index in [1.54, 1.807) is 18.5 Å². The van der Waals surface area contributed by atoms with Gasteiger partial charge in [-0.2, -0.15) is 0 Å². The highest BCUT2D eigenvalue weighted by molar-refractivity contribution is 5.92. The van der Waals surface area contributed by atoms with E-state index in [0.717, 1.165) is 54.2 Å². The Kier molecular flexibility index (Phi) is 5.88. The molecule has 0 N–H and O–H groups in total. The van der Waals surface area contributed by atoms with Crippen molar-refractivity contribution in [1.29, 1.82) is 0 Å². The Morgan fingerprint density at radius 1 is 1.30 bits per heavy atom. The predicted octanol–water partition coefficient (Wildman–Crippen LogP) is 4.05. The maximum Gasteiger partial charge on any atom is 0.276 e. The second kappa shape index (κ2) is 8.73. The van der Waals surface area contributed by atoms with E-state index < -0.39 is 0 Å². The molecule has 1 fully saturated rings. The molecular formula is C23H27N5O2. The van der Waals surface area contributed by atoms with Gasteiger partial charge in [-0.05, 0) is 43.4 Å². The van der Waals surface area contributed by atoms with Crippen molar-refractivity contribution in [3.8, 4) is 11.1 Å².